The molecule has 9 nitrogen and oxygen atoms in total. The number of hydrogen-bond donors (Lipinski definition) is 5. The van der Waals surface area contributed by atoms with Gasteiger partial charge < -0.3 is 40.1 Å². The van der Waals surface area contributed by atoms with E-state index in [0.717, 1.165) is 26.2 Å². The summed E-state index contributed by atoms with van der Waals surface area (Å²) in [6, 6.07) is 6.35. The summed E-state index contributed by atoms with van der Waals surface area (Å²) >= 11 is 0. The van der Waals surface area contributed by atoms with Crippen LogP contribution in [-0.4, -0.2) is 76.7 Å². The third-order valence-corrected chi connectivity index (χ3v) is 6.57. The van der Waals surface area contributed by atoms with E-state index in [1.807, 2.05) is 6.08 Å². The molecule has 3 heterocycles. The molecular formula is C21H26N2O7. The SMILES string of the molecule is O=C(O)C1OC(OC2=CC3c4cccc5c4N(CCNC5)CC3C2)C(O)C(O)C1O. The van der Waals surface area contributed by atoms with Crippen LogP contribution < -0.4 is 10.2 Å². The number of ether oxygens (including phenoxy) is 2. The van der Waals surface area contributed by atoms with Crippen LogP contribution in [0.15, 0.2) is 30.0 Å². The highest BCUT2D eigenvalue weighted by Crippen LogP contribution is 2.48. The number of hydrogen-bond acceptors (Lipinski definition) is 8. The van der Waals surface area contributed by atoms with Gasteiger partial charge in [-0.2, -0.15) is 0 Å². The molecule has 3 aliphatic heterocycles. The summed E-state index contributed by atoms with van der Waals surface area (Å²) < 4.78 is 11.1. The number of carbonyl (C=O) groups is 1. The molecule has 0 radical (unpaired) electrons. The molecule has 162 valence electrons. The lowest BCUT2D eigenvalue weighted by Gasteiger charge is -2.39. The quantitative estimate of drug-likeness (QED) is 0.441. The topological polar surface area (TPSA) is 132 Å². The lowest BCUT2D eigenvalue weighted by molar-refractivity contribution is -0.284. The van der Waals surface area contributed by atoms with Crippen LogP contribution in [-0.2, 0) is 20.8 Å². The van der Waals surface area contributed by atoms with Crippen molar-refractivity contribution in [1.29, 1.82) is 0 Å². The third-order valence-electron chi connectivity index (χ3n) is 6.57. The number of carboxylic acids is 1. The highest BCUT2D eigenvalue weighted by molar-refractivity contribution is 5.73. The van der Waals surface area contributed by atoms with Gasteiger partial charge in [0, 0.05) is 44.2 Å². The Kier molecular flexibility index (Phi) is 4.95. The Hall–Kier alpha value is -2.17. The predicted molar refractivity (Wildman–Crippen MR) is 105 cm³/mol. The number of para-hydroxylation sites is 1. The normalized spacial score (nSPS) is 37.6. The zero-order valence-electron chi connectivity index (χ0n) is 16.3. The van der Waals surface area contributed by atoms with Crippen molar-refractivity contribution in [3.05, 3.63) is 41.2 Å². The second-order valence-corrected chi connectivity index (χ2v) is 8.45. The maximum Gasteiger partial charge on any atom is 0.335 e. The van der Waals surface area contributed by atoms with E-state index in [-0.39, 0.29) is 5.92 Å². The Morgan fingerprint density at radius 1 is 1.20 bits per heavy atom. The van der Waals surface area contributed by atoms with Crippen LogP contribution in [0.1, 0.15) is 23.5 Å². The summed E-state index contributed by atoms with van der Waals surface area (Å²) in [7, 11) is 0. The number of allylic oxidation sites excluding steroid dienone is 2. The minimum atomic E-state index is -1.73. The van der Waals surface area contributed by atoms with Gasteiger partial charge in [0.1, 0.15) is 18.3 Å². The molecule has 1 saturated heterocycles. The number of nitrogens with zero attached hydrogens (tertiary/aromatic N) is 1. The maximum absolute atomic E-state index is 11.3. The monoisotopic (exact) mass is 418 g/mol. The van der Waals surface area contributed by atoms with Gasteiger partial charge in [-0.25, -0.2) is 4.79 Å². The van der Waals surface area contributed by atoms with Crippen molar-refractivity contribution >= 4 is 11.7 Å². The average Bonchev–Trinajstić information content (AvgIpc) is 3.02. The molecular weight excluding hydrogens is 392 g/mol. The van der Waals surface area contributed by atoms with Crippen LogP contribution in [0, 0.1) is 5.92 Å². The number of aliphatic carboxylic acids is 1. The fourth-order valence-corrected chi connectivity index (χ4v) is 5.12. The fourth-order valence-electron chi connectivity index (χ4n) is 5.12. The standard InChI is InChI=1S/C21H26N2O7/c24-16-17(25)19(20(27)28)30-21(18(16)26)29-12-6-11-9-23-5-4-22-8-10-2-1-3-13(15(10)23)14(11)7-12/h1-3,7,11,14,16-19,21-22,24-26H,4-6,8-9H2,(H,27,28). The van der Waals surface area contributed by atoms with Crippen molar-refractivity contribution in [2.75, 3.05) is 24.5 Å². The lowest BCUT2D eigenvalue weighted by Crippen LogP contribution is -2.60. The van der Waals surface area contributed by atoms with Crippen LogP contribution in [0.4, 0.5) is 5.69 Å². The molecule has 7 unspecified atom stereocenters. The molecule has 9 heteroatoms. The van der Waals surface area contributed by atoms with Crippen LogP contribution in [0.2, 0.25) is 0 Å². The molecule has 0 saturated carbocycles. The first kappa shape index (κ1) is 19.8. The van der Waals surface area contributed by atoms with E-state index in [2.05, 4.69) is 28.4 Å². The van der Waals surface area contributed by atoms with Gasteiger partial charge in [0.25, 0.3) is 0 Å². The minimum absolute atomic E-state index is 0.163. The van der Waals surface area contributed by atoms with E-state index >= 15 is 0 Å². The van der Waals surface area contributed by atoms with E-state index < -0.39 is 36.7 Å². The van der Waals surface area contributed by atoms with E-state index in [0.29, 0.717) is 18.1 Å². The number of benzene rings is 1. The van der Waals surface area contributed by atoms with Gasteiger partial charge in [0.15, 0.2) is 6.10 Å². The van der Waals surface area contributed by atoms with Gasteiger partial charge in [-0.3, -0.25) is 0 Å². The molecule has 4 aliphatic rings. The molecule has 5 rings (SSSR count). The van der Waals surface area contributed by atoms with E-state index in [9.17, 15) is 25.2 Å². The summed E-state index contributed by atoms with van der Waals surface area (Å²) in [5.74, 6) is -0.352. The van der Waals surface area contributed by atoms with Crippen molar-refractivity contribution in [2.24, 2.45) is 5.92 Å². The first-order chi connectivity index (χ1) is 14.4. The lowest BCUT2D eigenvalue weighted by atomic mass is 9.82. The molecule has 5 N–H and O–H groups in total. The molecule has 1 aromatic rings. The number of rotatable bonds is 3. The molecule has 1 fully saturated rings. The minimum Gasteiger partial charge on any atom is -0.479 e. The van der Waals surface area contributed by atoms with Crippen LogP contribution in [0.25, 0.3) is 0 Å². The Morgan fingerprint density at radius 3 is 2.83 bits per heavy atom. The second kappa shape index (κ2) is 7.51. The first-order valence-electron chi connectivity index (χ1n) is 10.3. The average molecular weight is 418 g/mol. The van der Waals surface area contributed by atoms with Gasteiger partial charge in [-0.15, -0.1) is 0 Å². The van der Waals surface area contributed by atoms with E-state index in [1.165, 1.54) is 16.8 Å². The van der Waals surface area contributed by atoms with Gasteiger partial charge in [-0.05, 0) is 23.1 Å². The Labute approximate surface area is 173 Å². The maximum atomic E-state index is 11.3. The van der Waals surface area contributed by atoms with Gasteiger partial charge in [0.05, 0.1) is 5.76 Å². The zero-order valence-corrected chi connectivity index (χ0v) is 16.3. The largest absolute Gasteiger partial charge is 0.479 e. The van der Waals surface area contributed by atoms with Crippen LogP contribution in [0.3, 0.4) is 0 Å². The highest BCUT2D eigenvalue weighted by Gasteiger charge is 2.49. The van der Waals surface area contributed by atoms with Gasteiger partial charge in [-0.1, -0.05) is 18.2 Å². The number of aliphatic hydroxyl groups excluding tert-OH is 3. The third kappa shape index (κ3) is 3.17. The van der Waals surface area contributed by atoms with Crippen LogP contribution in [0.5, 0.6) is 0 Å². The molecule has 0 amide bonds. The fraction of sp³-hybridized carbons (Fsp3) is 0.571. The number of aliphatic hydroxyl groups is 3. The summed E-state index contributed by atoms with van der Waals surface area (Å²) in [6.07, 6.45) is -5.33. The molecule has 0 bridgehead atoms. The Bertz CT molecular complexity index is 875. The Morgan fingerprint density at radius 2 is 2.03 bits per heavy atom. The van der Waals surface area contributed by atoms with Crippen molar-refractivity contribution in [2.45, 2.75) is 49.6 Å². The van der Waals surface area contributed by atoms with Crippen molar-refractivity contribution in [3.8, 4) is 0 Å². The van der Waals surface area contributed by atoms with Gasteiger partial charge >= 0.3 is 5.97 Å². The van der Waals surface area contributed by atoms with Gasteiger partial charge in [0.2, 0.25) is 6.29 Å². The Balaban J connectivity index is 1.39. The summed E-state index contributed by atoms with van der Waals surface area (Å²) in [5, 5.41) is 42.8. The van der Waals surface area contributed by atoms with Crippen LogP contribution >= 0.6 is 0 Å². The molecule has 0 spiro atoms. The van der Waals surface area contributed by atoms with Crippen molar-refractivity contribution in [3.63, 3.8) is 0 Å². The smallest absolute Gasteiger partial charge is 0.335 e. The molecule has 7 atom stereocenters. The summed E-state index contributed by atoms with van der Waals surface area (Å²) in [6.45, 7) is 3.56. The van der Waals surface area contributed by atoms with Crippen molar-refractivity contribution in [1.82, 2.24) is 5.32 Å². The van der Waals surface area contributed by atoms with E-state index in [1.54, 1.807) is 0 Å². The number of fused-ring (bicyclic) bond motifs is 2. The zero-order chi connectivity index (χ0) is 21.0. The highest BCUT2D eigenvalue weighted by atomic mass is 16.7. The molecule has 1 aromatic carbocycles. The molecule has 0 aromatic heterocycles. The number of anilines is 1. The first-order valence-corrected chi connectivity index (χ1v) is 10.3. The summed E-state index contributed by atoms with van der Waals surface area (Å²) in [4.78, 5) is 13.7. The van der Waals surface area contributed by atoms with E-state index in [4.69, 9.17) is 9.47 Å². The van der Waals surface area contributed by atoms with Crippen molar-refractivity contribution < 1.29 is 34.7 Å². The molecule has 30 heavy (non-hydrogen) atoms. The second-order valence-electron chi connectivity index (χ2n) is 8.45. The number of carboxylic acid groups (broad SMARTS) is 1. The molecule has 1 aliphatic carbocycles. The number of nitrogens with one attached hydrogen (secondary N) is 1. The summed E-state index contributed by atoms with van der Waals surface area (Å²) in [5.41, 5.74) is 3.80. The predicted octanol–water partition coefficient (Wildman–Crippen LogP) is -0.494.